The Hall–Kier alpha value is -0.870. The van der Waals surface area contributed by atoms with Crippen molar-refractivity contribution in [2.75, 3.05) is 33.7 Å². The largest absolute Gasteiger partial charge is 0.339 e. The van der Waals surface area contributed by atoms with Crippen molar-refractivity contribution in [3.05, 3.63) is 33.8 Å². The van der Waals surface area contributed by atoms with Crippen molar-refractivity contribution in [3.63, 3.8) is 0 Å². The number of nitrogens with zero attached hydrogens (tertiary/aromatic N) is 2. The maximum absolute atomic E-state index is 12.5. The second-order valence-electron chi connectivity index (χ2n) is 4.95. The van der Waals surface area contributed by atoms with Crippen molar-refractivity contribution in [1.29, 1.82) is 0 Å². The molecule has 1 amide bonds. The SMILES string of the molecule is CCN(CCCN(C)C)C(=O)c1cccc(Br)c1C. The van der Waals surface area contributed by atoms with Crippen LogP contribution in [0.1, 0.15) is 29.3 Å². The molecule has 3 nitrogen and oxygen atoms in total. The molecule has 0 radical (unpaired) electrons. The lowest BCUT2D eigenvalue weighted by molar-refractivity contribution is 0.0758. The third kappa shape index (κ3) is 4.62. The normalized spacial score (nSPS) is 10.8. The molecule has 4 heteroatoms. The summed E-state index contributed by atoms with van der Waals surface area (Å²) in [6, 6.07) is 5.78. The average Bonchev–Trinajstić information content (AvgIpc) is 2.37. The summed E-state index contributed by atoms with van der Waals surface area (Å²) in [7, 11) is 4.10. The molecule has 1 aromatic rings. The van der Waals surface area contributed by atoms with Crippen LogP contribution in [-0.2, 0) is 0 Å². The molecule has 19 heavy (non-hydrogen) atoms. The summed E-state index contributed by atoms with van der Waals surface area (Å²) in [4.78, 5) is 16.6. The van der Waals surface area contributed by atoms with Gasteiger partial charge >= 0.3 is 0 Å². The standard InChI is InChI=1S/C15H23BrN2O/c1-5-18(11-7-10-17(3)4)15(19)13-8-6-9-14(16)12(13)2/h6,8-9H,5,7,10-11H2,1-4H3. The molecule has 0 aliphatic heterocycles. The van der Waals surface area contributed by atoms with E-state index in [4.69, 9.17) is 0 Å². The Balaban J connectivity index is 2.75. The fraction of sp³-hybridized carbons (Fsp3) is 0.533. The van der Waals surface area contributed by atoms with Crippen molar-refractivity contribution >= 4 is 21.8 Å². The summed E-state index contributed by atoms with van der Waals surface area (Å²) in [5.74, 6) is 0.125. The van der Waals surface area contributed by atoms with Gasteiger partial charge in [0.2, 0.25) is 0 Å². The second-order valence-corrected chi connectivity index (χ2v) is 5.81. The summed E-state index contributed by atoms with van der Waals surface area (Å²) >= 11 is 3.48. The molecular formula is C15H23BrN2O. The fourth-order valence-corrected chi connectivity index (χ4v) is 2.36. The van der Waals surface area contributed by atoms with Crippen LogP contribution >= 0.6 is 15.9 Å². The lowest BCUT2D eigenvalue weighted by Gasteiger charge is -2.23. The molecule has 0 bridgehead atoms. The summed E-state index contributed by atoms with van der Waals surface area (Å²) in [5, 5.41) is 0. The summed E-state index contributed by atoms with van der Waals surface area (Å²) in [6.45, 7) is 6.56. The number of halogens is 1. The molecule has 0 aliphatic carbocycles. The zero-order chi connectivity index (χ0) is 14.4. The van der Waals surface area contributed by atoms with Crippen LogP contribution < -0.4 is 0 Å². The molecule has 0 unspecified atom stereocenters. The zero-order valence-electron chi connectivity index (χ0n) is 12.2. The molecule has 0 N–H and O–H groups in total. The van der Waals surface area contributed by atoms with Crippen LogP contribution in [0.5, 0.6) is 0 Å². The van der Waals surface area contributed by atoms with Gasteiger partial charge in [-0.05, 0) is 58.6 Å². The number of rotatable bonds is 6. The van der Waals surface area contributed by atoms with Crippen LogP contribution in [0.2, 0.25) is 0 Å². The smallest absolute Gasteiger partial charge is 0.254 e. The summed E-state index contributed by atoms with van der Waals surface area (Å²) < 4.78 is 0.989. The number of hydrogen-bond acceptors (Lipinski definition) is 2. The van der Waals surface area contributed by atoms with Crippen molar-refractivity contribution in [1.82, 2.24) is 9.80 Å². The summed E-state index contributed by atoms with van der Waals surface area (Å²) in [5.41, 5.74) is 1.81. The van der Waals surface area contributed by atoms with Gasteiger partial charge in [0.05, 0.1) is 0 Å². The van der Waals surface area contributed by atoms with Crippen LogP contribution in [0.25, 0.3) is 0 Å². The van der Waals surface area contributed by atoms with Gasteiger partial charge in [-0.15, -0.1) is 0 Å². The first kappa shape index (κ1) is 16.2. The molecule has 1 aromatic carbocycles. The molecular weight excluding hydrogens is 304 g/mol. The number of carbonyl (C=O) groups excluding carboxylic acids is 1. The van der Waals surface area contributed by atoms with Crippen LogP contribution in [-0.4, -0.2) is 49.4 Å². The van der Waals surface area contributed by atoms with E-state index in [2.05, 4.69) is 34.9 Å². The van der Waals surface area contributed by atoms with Gasteiger partial charge in [-0.25, -0.2) is 0 Å². The van der Waals surface area contributed by atoms with E-state index in [-0.39, 0.29) is 5.91 Å². The maximum Gasteiger partial charge on any atom is 0.254 e. The van der Waals surface area contributed by atoms with Gasteiger partial charge in [0.1, 0.15) is 0 Å². The number of amides is 1. The molecule has 0 saturated heterocycles. The van der Waals surface area contributed by atoms with Gasteiger partial charge in [-0.2, -0.15) is 0 Å². The highest BCUT2D eigenvalue weighted by atomic mass is 79.9. The monoisotopic (exact) mass is 326 g/mol. The highest BCUT2D eigenvalue weighted by Crippen LogP contribution is 2.20. The van der Waals surface area contributed by atoms with Gasteiger partial charge in [0.15, 0.2) is 0 Å². The average molecular weight is 327 g/mol. The molecule has 0 fully saturated rings. The molecule has 0 aliphatic rings. The van der Waals surface area contributed by atoms with Gasteiger partial charge < -0.3 is 9.80 Å². The van der Waals surface area contributed by atoms with E-state index in [1.807, 2.05) is 36.9 Å². The van der Waals surface area contributed by atoms with E-state index in [0.717, 1.165) is 41.7 Å². The number of carbonyl (C=O) groups is 1. The highest BCUT2D eigenvalue weighted by molar-refractivity contribution is 9.10. The zero-order valence-corrected chi connectivity index (χ0v) is 13.8. The fourth-order valence-electron chi connectivity index (χ4n) is 1.99. The Kier molecular flexibility index (Phi) is 6.52. The minimum atomic E-state index is 0.125. The van der Waals surface area contributed by atoms with Crippen molar-refractivity contribution in [2.45, 2.75) is 20.3 Å². The Morgan fingerprint density at radius 3 is 2.53 bits per heavy atom. The van der Waals surface area contributed by atoms with Gasteiger partial charge in [0.25, 0.3) is 5.91 Å². The topological polar surface area (TPSA) is 23.6 Å². The minimum Gasteiger partial charge on any atom is -0.339 e. The number of hydrogen-bond donors (Lipinski definition) is 0. The highest BCUT2D eigenvalue weighted by Gasteiger charge is 2.16. The van der Waals surface area contributed by atoms with Crippen LogP contribution in [0.3, 0.4) is 0 Å². The van der Waals surface area contributed by atoms with E-state index >= 15 is 0 Å². The lowest BCUT2D eigenvalue weighted by Crippen LogP contribution is -2.33. The third-order valence-electron chi connectivity index (χ3n) is 3.20. The van der Waals surface area contributed by atoms with Crippen molar-refractivity contribution < 1.29 is 4.79 Å². The maximum atomic E-state index is 12.5. The van der Waals surface area contributed by atoms with Crippen LogP contribution in [0.4, 0.5) is 0 Å². The predicted octanol–water partition coefficient (Wildman–Crippen LogP) is 3.17. The lowest BCUT2D eigenvalue weighted by atomic mass is 10.1. The third-order valence-corrected chi connectivity index (χ3v) is 4.06. The molecule has 0 spiro atoms. The Labute approximate surface area is 124 Å². The van der Waals surface area contributed by atoms with E-state index in [9.17, 15) is 4.79 Å². The quantitative estimate of drug-likeness (QED) is 0.801. The van der Waals surface area contributed by atoms with Gasteiger partial charge in [-0.1, -0.05) is 22.0 Å². The molecule has 0 heterocycles. The first-order chi connectivity index (χ1) is 8.97. The van der Waals surface area contributed by atoms with Crippen molar-refractivity contribution in [3.8, 4) is 0 Å². The molecule has 0 saturated carbocycles. The first-order valence-corrected chi connectivity index (χ1v) is 7.45. The van der Waals surface area contributed by atoms with Gasteiger partial charge in [-0.3, -0.25) is 4.79 Å². The van der Waals surface area contributed by atoms with Crippen LogP contribution in [0.15, 0.2) is 22.7 Å². The molecule has 0 aromatic heterocycles. The predicted molar refractivity (Wildman–Crippen MR) is 83.6 cm³/mol. The molecule has 0 atom stereocenters. The minimum absolute atomic E-state index is 0.125. The second kappa shape index (κ2) is 7.65. The molecule has 1 rings (SSSR count). The van der Waals surface area contributed by atoms with E-state index in [1.54, 1.807) is 0 Å². The van der Waals surface area contributed by atoms with E-state index < -0.39 is 0 Å². The number of benzene rings is 1. The molecule has 106 valence electrons. The summed E-state index contributed by atoms with van der Waals surface area (Å²) in [6.07, 6.45) is 1.000. The Morgan fingerprint density at radius 2 is 1.95 bits per heavy atom. The first-order valence-electron chi connectivity index (χ1n) is 6.66. The van der Waals surface area contributed by atoms with Gasteiger partial charge in [0, 0.05) is 23.1 Å². The Morgan fingerprint density at radius 1 is 1.26 bits per heavy atom. The van der Waals surface area contributed by atoms with E-state index in [1.165, 1.54) is 0 Å². The van der Waals surface area contributed by atoms with E-state index in [0.29, 0.717) is 0 Å². The van der Waals surface area contributed by atoms with Crippen LogP contribution in [0, 0.1) is 6.92 Å². The van der Waals surface area contributed by atoms with Crippen molar-refractivity contribution in [2.24, 2.45) is 0 Å². The Bertz CT molecular complexity index is 432.